The van der Waals surface area contributed by atoms with E-state index in [1.54, 1.807) is 31.4 Å². The molecule has 0 saturated carbocycles. The van der Waals surface area contributed by atoms with Crippen LogP contribution in [-0.2, 0) is 6.54 Å². The molecule has 0 radical (unpaired) electrons. The van der Waals surface area contributed by atoms with Gasteiger partial charge in [-0.15, -0.1) is 0 Å². The molecule has 1 aliphatic rings. The minimum atomic E-state index is -0.422. The fourth-order valence-electron chi connectivity index (χ4n) is 4.05. The number of ether oxygens (including phenoxy) is 1. The van der Waals surface area contributed by atoms with Crippen molar-refractivity contribution in [2.75, 3.05) is 18.6 Å². The number of ketones is 1. The van der Waals surface area contributed by atoms with E-state index in [9.17, 15) is 9.59 Å². The number of nitrogen functional groups attached to an aromatic ring is 2. The second-order valence-electron chi connectivity index (χ2n) is 7.76. The Morgan fingerprint density at radius 2 is 1.73 bits per heavy atom. The number of anilines is 2. The van der Waals surface area contributed by atoms with Crippen molar-refractivity contribution in [3.63, 3.8) is 0 Å². The number of benzene rings is 3. The molecule has 1 aliphatic carbocycles. The molecule has 0 bridgehead atoms. The van der Waals surface area contributed by atoms with E-state index in [0.717, 1.165) is 11.1 Å². The van der Waals surface area contributed by atoms with E-state index in [-0.39, 0.29) is 29.1 Å². The van der Waals surface area contributed by atoms with E-state index in [2.05, 4.69) is 15.5 Å². The zero-order chi connectivity index (χ0) is 23.1. The van der Waals surface area contributed by atoms with E-state index < -0.39 is 5.91 Å². The molecule has 3 aromatic carbocycles. The number of aromatic nitrogens is 2. The molecule has 5 rings (SSSR count). The molecule has 1 amide bonds. The largest absolute Gasteiger partial charge is 0.497 e. The third-order valence-electron chi connectivity index (χ3n) is 5.75. The number of nitrogens with one attached hydrogen (secondary N) is 2. The van der Waals surface area contributed by atoms with Crippen LogP contribution >= 0.6 is 0 Å². The number of fused-ring (bicyclic) bond motifs is 3. The van der Waals surface area contributed by atoms with Crippen molar-refractivity contribution >= 4 is 23.1 Å². The van der Waals surface area contributed by atoms with Crippen LogP contribution in [0.25, 0.3) is 22.5 Å². The molecular weight excluding hydrogens is 418 g/mol. The Balaban J connectivity index is 1.50. The molecule has 1 heterocycles. The van der Waals surface area contributed by atoms with Crippen molar-refractivity contribution in [1.29, 1.82) is 0 Å². The number of H-pyrrole nitrogens is 1. The molecule has 0 fully saturated rings. The molecule has 0 aliphatic heterocycles. The predicted molar refractivity (Wildman–Crippen MR) is 126 cm³/mol. The van der Waals surface area contributed by atoms with E-state index >= 15 is 0 Å². The minimum Gasteiger partial charge on any atom is -0.497 e. The number of nitrogens with two attached hydrogens (primary N) is 2. The van der Waals surface area contributed by atoms with Crippen molar-refractivity contribution in [3.8, 4) is 28.3 Å². The van der Waals surface area contributed by atoms with Gasteiger partial charge in [0.1, 0.15) is 11.4 Å². The molecule has 4 aromatic rings. The molecular formula is C25H21N5O3. The smallest absolute Gasteiger partial charge is 0.254 e. The Morgan fingerprint density at radius 1 is 1.00 bits per heavy atom. The van der Waals surface area contributed by atoms with E-state index in [0.29, 0.717) is 34.0 Å². The summed E-state index contributed by atoms with van der Waals surface area (Å²) in [4.78, 5) is 26.6. The lowest BCUT2D eigenvalue weighted by Gasteiger charge is -2.12. The zero-order valence-corrected chi connectivity index (χ0v) is 17.8. The van der Waals surface area contributed by atoms with Gasteiger partial charge in [-0.05, 0) is 54.1 Å². The summed E-state index contributed by atoms with van der Waals surface area (Å²) in [5.41, 5.74) is 16.9. The normalized spacial score (nSPS) is 11.7. The molecule has 164 valence electrons. The maximum atomic E-state index is 13.5. The maximum Gasteiger partial charge on any atom is 0.254 e. The van der Waals surface area contributed by atoms with Gasteiger partial charge in [0.2, 0.25) is 0 Å². The van der Waals surface area contributed by atoms with Crippen LogP contribution in [0, 0.1) is 0 Å². The summed E-state index contributed by atoms with van der Waals surface area (Å²) in [5, 5.41) is 10.2. The molecule has 33 heavy (non-hydrogen) atoms. The van der Waals surface area contributed by atoms with Crippen LogP contribution in [0.2, 0.25) is 0 Å². The number of nitrogens with zero attached hydrogens (tertiary/aromatic N) is 1. The van der Waals surface area contributed by atoms with Gasteiger partial charge in [0, 0.05) is 34.6 Å². The summed E-state index contributed by atoms with van der Waals surface area (Å²) in [7, 11) is 1.59. The molecule has 6 N–H and O–H groups in total. The van der Waals surface area contributed by atoms with Crippen LogP contribution in [0.3, 0.4) is 0 Å². The first kappa shape index (κ1) is 20.3. The summed E-state index contributed by atoms with van der Waals surface area (Å²) in [6, 6.07) is 17.8. The van der Waals surface area contributed by atoms with Crippen molar-refractivity contribution in [2.24, 2.45) is 0 Å². The fraction of sp³-hybridized carbons (Fsp3) is 0.0800. The van der Waals surface area contributed by atoms with Gasteiger partial charge in [0.15, 0.2) is 5.78 Å². The first-order valence-electron chi connectivity index (χ1n) is 10.3. The van der Waals surface area contributed by atoms with Crippen molar-refractivity contribution < 1.29 is 14.3 Å². The summed E-state index contributed by atoms with van der Waals surface area (Å²) in [6.07, 6.45) is 0. The highest BCUT2D eigenvalue weighted by molar-refractivity contribution is 6.28. The molecule has 0 saturated heterocycles. The Hall–Kier alpha value is -4.59. The number of hydrogen-bond donors (Lipinski definition) is 4. The van der Waals surface area contributed by atoms with Gasteiger partial charge in [0.05, 0.1) is 23.9 Å². The fourth-order valence-corrected chi connectivity index (χ4v) is 4.05. The van der Waals surface area contributed by atoms with Gasteiger partial charge in [-0.3, -0.25) is 14.7 Å². The Bertz CT molecular complexity index is 1390. The number of rotatable bonds is 5. The summed E-state index contributed by atoms with van der Waals surface area (Å²) < 4.78 is 5.21. The Labute approximate surface area is 189 Å². The molecule has 8 nitrogen and oxygen atoms in total. The van der Waals surface area contributed by atoms with Gasteiger partial charge in [-0.1, -0.05) is 12.1 Å². The lowest BCUT2D eigenvalue weighted by atomic mass is 9.98. The van der Waals surface area contributed by atoms with Crippen LogP contribution in [-0.4, -0.2) is 29.0 Å². The second kappa shape index (κ2) is 7.83. The molecule has 1 aromatic heterocycles. The van der Waals surface area contributed by atoms with Crippen LogP contribution in [0.4, 0.5) is 11.4 Å². The predicted octanol–water partition coefficient (Wildman–Crippen LogP) is 3.39. The lowest BCUT2D eigenvalue weighted by molar-refractivity contribution is 0.0941. The third kappa shape index (κ3) is 3.38. The number of methoxy groups -OCH3 is 1. The zero-order valence-electron chi connectivity index (χ0n) is 17.8. The summed E-state index contributed by atoms with van der Waals surface area (Å²) in [6.45, 7) is 0.276. The SMILES string of the molecule is COc1ccc(-c2[nH]nc3c2C(=O)c2c-3ccc(N)c2C(=O)NCc2ccc(N)cc2)cc1. The van der Waals surface area contributed by atoms with E-state index in [1.807, 2.05) is 36.4 Å². The van der Waals surface area contributed by atoms with Gasteiger partial charge in [-0.25, -0.2) is 0 Å². The Morgan fingerprint density at radius 3 is 2.42 bits per heavy atom. The van der Waals surface area contributed by atoms with Crippen molar-refractivity contribution in [3.05, 3.63) is 82.9 Å². The van der Waals surface area contributed by atoms with Gasteiger partial charge >= 0.3 is 0 Å². The minimum absolute atomic E-state index is 0.159. The topological polar surface area (TPSA) is 136 Å². The number of carbonyl (C=O) groups is 2. The van der Waals surface area contributed by atoms with Crippen LogP contribution < -0.4 is 21.5 Å². The Kier molecular flexibility index (Phi) is 4.82. The van der Waals surface area contributed by atoms with Crippen molar-refractivity contribution in [2.45, 2.75) is 6.54 Å². The number of amides is 1. The molecule has 0 unspecified atom stereocenters. The molecule has 8 heteroatoms. The van der Waals surface area contributed by atoms with E-state index in [1.165, 1.54) is 0 Å². The summed E-state index contributed by atoms with van der Waals surface area (Å²) in [5.74, 6) is -0.00323. The van der Waals surface area contributed by atoms with Gasteiger partial charge in [-0.2, -0.15) is 5.10 Å². The number of aromatic amines is 1. The maximum absolute atomic E-state index is 13.5. The first-order chi connectivity index (χ1) is 16.0. The lowest BCUT2D eigenvalue weighted by Crippen LogP contribution is -2.26. The highest BCUT2D eigenvalue weighted by atomic mass is 16.5. The quantitative estimate of drug-likeness (QED) is 0.310. The van der Waals surface area contributed by atoms with E-state index in [4.69, 9.17) is 16.2 Å². The van der Waals surface area contributed by atoms with Crippen LogP contribution in [0.5, 0.6) is 5.75 Å². The standard InChI is InChI=1S/C25H21N5O3/c1-33-16-8-4-14(5-9-16)22-21-23(30-29-22)17-10-11-18(27)20(19(17)24(21)31)25(32)28-12-13-2-6-15(26)7-3-13/h2-11H,12,26-27H2,1H3,(H,28,32)(H,29,30). The molecule has 0 atom stereocenters. The van der Waals surface area contributed by atoms with Crippen LogP contribution in [0.1, 0.15) is 31.8 Å². The number of carbonyl (C=O) groups excluding carboxylic acids is 2. The summed E-state index contributed by atoms with van der Waals surface area (Å²) >= 11 is 0. The number of hydrogen-bond acceptors (Lipinski definition) is 6. The monoisotopic (exact) mass is 439 g/mol. The third-order valence-corrected chi connectivity index (χ3v) is 5.75. The highest BCUT2D eigenvalue weighted by Gasteiger charge is 2.37. The van der Waals surface area contributed by atoms with Gasteiger partial charge < -0.3 is 21.5 Å². The van der Waals surface area contributed by atoms with Crippen molar-refractivity contribution in [1.82, 2.24) is 15.5 Å². The first-order valence-corrected chi connectivity index (χ1v) is 10.3. The average Bonchev–Trinajstić information content (AvgIpc) is 3.38. The average molecular weight is 439 g/mol. The second-order valence-corrected chi connectivity index (χ2v) is 7.76. The van der Waals surface area contributed by atoms with Gasteiger partial charge in [0.25, 0.3) is 5.91 Å². The molecule has 0 spiro atoms. The highest BCUT2D eigenvalue weighted by Crippen LogP contribution is 2.43. The van der Waals surface area contributed by atoms with Crippen LogP contribution in [0.15, 0.2) is 60.7 Å².